The lowest BCUT2D eigenvalue weighted by Gasteiger charge is -2.37. The van der Waals surface area contributed by atoms with Gasteiger partial charge in [-0.15, -0.1) is 0 Å². The van der Waals surface area contributed by atoms with Crippen LogP contribution < -0.4 is 9.80 Å². The maximum atomic E-state index is 4.51. The minimum atomic E-state index is 0.469. The number of aromatic nitrogens is 6. The van der Waals surface area contributed by atoms with Crippen molar-refractivity contribution in [1.29, 1.82) is 0 Å². The average molecular weight is 338 g/mol. The zero-order valence-corrected chi connectivity index (χ0v) is 14.8. The molecule has 0 N–H and O–H groups in total. The second-order valence-electron chi connectivity index (χ2n) is 6.58. The third-order valence-corrected chi connectivity index (χ3v) is 4.87. The van der Waals surface area contributed by atoms with Crippen molar-refractivity contribution in [3.63, 3.8) is 0 Å². The molecular formula is C17H22N8. The quantitative estimate of drug-likeness (QED) is 0.717. The van der Waals surface area contributed by atoms with Crippen molar-refractivity contribution in [2.24, 2.45) is 7.05 Å². The first kappa shape index (κ1) is 15.7. The molecule has 0 radical (unpaired) electrons. The predicted octanol–water partition coefficient (Wildman–Crippen LogP) is 1.57. The van der Waals surface area contributed by atoms with Gasteiger partial charge in [0.25, 0.3) is 0 Å². The van der Waals surface area contributed by atoms with Crippen LogP contribution in [0.2, 0.25) is 0 Å². The normalized spacial score (nSPS) is 15.7. The SMILES string of the molecule is Cc1cc(N(C)C2CCN(c3ncnc4nn(C)cc34)CC2)ncn1. The van der Waals surface area contributed by atoms with Gasteiger partial charge >= 0.3 is 0 Å². The van der Waals surface area contributed by atoms with E-state index >= 15 is 0 Å². The summed E-state index contributed by atoms with van der Waals surface area (Å²) in [6.07, 6.45) is 7.35. The van der Waals surface area contributed by atoms with Gasteiger partial charge in [0.1, 0.15) is 24.3 Å². The Balaban J connectivity index is 1.49. The summed E-state index contributed by atoms with van der Waals surface area (Å²) >= 11 is 0. The first-order chi connectivity index (χ1) is 12.1. The van der Waals surface area contributed by atoms with Crippen molar-refractivity contribution >= 4 is 22.7 Å². The van der Waals surface area contributed by atoms with E-state index in [0.29, 0.717) is 6.04 Å². The van der Waals surface area contributed by atoms with E-state index in [9.17, 15) is 0 Å². The van der Waals surface area contributed by atoms with Crippen LogP contribution in [-0.2, 0) is 7.05 Å². The molecule has 0 bridgehead atoms. The summed E-state index contributed by atoms with van der Waals surface area (Å²) in [6.45, 7) is 3.91. The Labute approximate surface area is 146 Å². The Kier molecular flexibility index (Phi) is 3.95. The van der Waals surface area contributed by atoms with E-state index in [2.05, 4.69) is 41.9 Å². The van der Waals surface area contributed by atoms with Gasteiger partial charge in [-0.3, -0.25) is 4.68 Å². The highest BCUT2D eigenvalue weighted by atomic mass is 15.3. The molecule has 1 saturated heterocycles. The minimum absolute atomic E-state index is 0.469. The highest BCUT2D eigenvalue weighted by Crippen LogP contribution is 2.27. The lowest BCUT2D eigenvalue weighted by Crippen LogP contribution is -2.44. The maximum absolute atomic E-state index is 4.51. The largest absolute Gasteiger partial charge is 0.356 e. The molecular weight excluding hydrogens is 316 g/mol. The molecule has 25 heavy (non-hydrogen) atoms. The zero-order chi connectivity index (χ0) is 17.4. The number of nitrogens with zero attached hydrogens (tertiary/aromatic N) is 8. The zero-order valence-electron chi connectivity index (χ0n) is 14.8. The summed E-state index contributed by atoms with van der Waals surface area (Å²) < 4.78 is 1.79. The van der Waals surface area contributed by atoms with E-state index in [1.165, 1.54) is 0 Å². The standard InChI is InChI=1S/C17H22N8/c1-12-8-15(19-10-18-12)24(3)13-4-6-25(7-5-13)17-14-9-23(2)22-16(14)20-11-21-17/h8-11,13H,4-7H2,1-3H3. The van der Waals surface area contributed by atoms with Gasteiger partial charge in [-0.2, -0.15) is 5.10 Å². The van der Waals surface area contributed by atoms with Crippen LogP contribution in [0.5, 0.6) is 0 Å². The fraction of sp³-hybridized carbons (Fsp3) is 0.471. The van der Waals surface area contributed by atoms with Crippen molar-refractivity contribution < 1.29 is 0 Å². The number of rotatable bonds is 3. The monoisotopic (exact) mass is 338 g/mol. The van der Waals surface area contributed by atoms with Gasteiger partial charge in [0.05, 0.1) is 5.39 Å². The van der Waals surface area contributed by atoms with Crippen molar-refractivity contribution in [2.75, 3.05) is 29.9 Å². The molecule has 8 heteroatoms. The molecule has 0 aliphatic carbocycles. The van der Waals surface area contributed by atoms with E-state index in [-0.39, 0.29) is 0 Å². The maximum Gasteiger partial charge on any atom is 0.186 e. The summed E-state index contributed by atoms with van der Waals surface area (Å²) in [5, 5.41) is 5.39. The van der Waals surface area contributed by atoms with E-state index in [1.807, 2.05) is 26.2 Å². The fourth-order valence-corrected chi connectivity index (χ4v) is 3.47. The molecule has 0 unspecified atom stereocenters. The Hall–Kier alpha value is -2.77. The van der Waals surface area contributed by atoms with Crippen LogP contribution >= 0.6 is 0 Å². The second kappa shape index (κ2) is 6.27. The number of hydrogen-bond donors (Lipinski definition) is 0. The van der Waals surface area contributed by atoms with Crippen LogP contribution in [0, 0.1) is 6.92 Å². The summed E-state index contributed by atoms with van der Waals surface area (Å²) in [5.74, 6) is 1.97. The van der Waals surface area contributed by atoms with Crippen molar-refractivity contribution in [1.82, 2.24) is 29.7 Å². The lowest BCUT2D eigenvalue weighted by atomic mass is 10.0. The number of hydrogen-bond acceptors (Lipinski definition) is 7. The molecule has 0 atom stereocenters. The topological polar surface area (TPSA) is 75.9 Å². The molecule has 4 heterocycles. The van der Waals surface area contributed by atoms with Gasteiger partial charge in [0.2, 0.25) is 0 Å². The molecule has 0 spiro atoms. The van der Waals surface area contributed by atoms with E-state index in [0.717, 1.165) is 54.3 Å². The molecule has 130 valence electrons. The van der Waals surface area contributed by atoms with Gasteiger partial charge in [-0.05, 0) is 19.8 Å². The predicted molar refractivity (Wildman–Crippen MR) is 96.7 cm³/mol. The van der Waals surface area contributed by atoms with Crippen LogP contribution in [-0.4, -0.2) is 55.9 Å². The van der Waals surface area contributed by atoms with Gasteiger partial charge in [-0.1, -0.05) is 0 Å². The molecule has 3 aromatic rings. The van der Waals surface area contributed by atoms with Crippen molar-refractivity contribution in [3.8, 4) is 0 Å². The molecule has 0 saturated carbocycles. The van der Waals surface area contributed by atoms with Crippen LogP contribution in [0.25, 0.3) is 11.0 Å². The van der Waals surface area contributed by atoms with E-state index in [4.69, 9.17) is 0 Å². The number of fused-ring (bicyclic) bond motifs is 1. The lowest BCUT2D eigenvalue weighted by molar-refractivity contribution is 0.478. The molecule has 0 amide bonds. The minimum Gasteiger partial charge on any atom is -0.356 e. The highest BCUT2D eigenvalue weighted by molar-refractivity contribution is 5.86. The van der Waals surface area contributed by atoms with Gasteiger partial charge in [-0.25, -0.2) is 19.9 Å². The molecule has 1 fully saturated rings. The second-order valence-corrected chi connectivity index (χ2v) is 6.58. The van der Waals surface area contributed by atoms with Gasteiger partial charge in [0, 0.05) is 51.2 Å². The number of anilines is 2. The third-order valence-electron chi connectivity index (χ3n) is 4.87. The molecule has 8 nitrogen and oxygen atoms in total. The Morgan fingerprint density at radius 3 is 2.60 bits per heavy atom. The Bertz CT molecular complexity index is 881. The highest BCUT2D eigenvalue weighted by Gasteiger charge is 2.25. The summed E-state index contributed by atoms with van der Waals surface area (Å²) in [5.41, 5.74) is 1.75. The molecule has 1 aliphatic rings. The first-order valence-corrected chi connectivity index (χ1v) is 8.52. The van der Waals surface area contributed by atoms with Crippen LogP contribution in [0.1, 0.15) is 18.5 Å². The Morgan fingerprint density at radius 1 is 1.08 bits per heavy atom. The van der Waals surface area contributed by atoms with Crippen LogP contribution in [0.4, 0.5) is 11.6 Å². The summed E-state index contributed by atoms with van der Waals surface area (Å²) in [7, 11) is 4.03. The van der Waals surface area contributed by atoms with Gasteiger partial charge < -0.3 is 9.80 Å². The summed E-state index contributed by atoms with van der Waals surface area (Å²) in [6, 6.07) is 2.51. The van der Waals surface area contributed by atoms with E-state index in [1.54, 1.807) is 17.3 Å². The molecule has 3 aromatic heterocycles. The van der Waals surface area contributed by atoms with Gasteiger partial charge in [0.15, 0.2) is 5.65 Å². The summed E-state index contributed by atoms with van der Waals surface area (Å²) in [4.78, 5) is 22.0. The average Bonchev–Trinajstić information content (AvgIpc) is 3.01. The van der Waals surface area contributed by atoms with E-state index < -0.39 is 0 Å². The number of piperidine rings is 1. The molecule has 0 aromatic carbocycles. The number of aryl methyl sites for hydroxylation is 2. The molecule has 4 rings (SSSR count). The van der Waals surface area contributed by atoms with Crippen molar-refractivity contribution in [3.05, 3.63) is 30.6 Å². The Morgan fingerprint density at radius 2 is 1.84 bits per heavy atom. The van der Waals surface area contributed by atoms with Crippen LogP contribution in [0.15, 0.2) is 24.9 Å². The molecule has 1 aliphatic heterocycles. The smallest absolute Gasteiger partial charge is 0.186 e. The first-order valence-electron chi connectivity index (χ1n) is 8.52. The third kappa shape index (κ3) is 2.99. The van der Waals surface area contributed by atoms with Crippen LogP contribution in [0.3, 0.4) is 0 Å². The fourth-order valence-electron chi connectivity index (χ4n) is 3.47. The van der Waals surface area contributed by atoms with Crippen molar-refractivity contribution in [2.45, 2.75) is 25.8 Å².